The lowest BCUT2D eigenvalue weighted by Crippen LogP contribution is -2.64. The van der Waals surface area contributed by atoms with Crippen molar-refractivity contribution >= 4 is 15.9 Å². The lowest BCUT2D eigenvalue weighted by molar-refractivity contribution is 0.241. The average Bonchev–Trinajstić information content (AvgIpc) is 2.79. The molecule has 0 atom stereocenters. The Morgan fingerprint density at radius 2 is 1.90 bits per heavy atom. The van der Waals surface area contributed by atoms with Crippen LogP contribution in [0.3, 0.4) is 0 Å². The zero-order valence-corrected chi connectivity index (χ0v) is 18.9. The molecule has 1 saturated heterocycles. The first-order valence-corrected chi connectivity index (χ1v) is 12.1. The molecule has 2 aliphatic heterocycles. The maximum atomic E-state index is 13.1. The lowest BCUT2D eigenvalue weighted by Gasteiger charge is -2.44. The van der Waals surface area contributed by atoms with E-state index in [1.165, 1.54) is 0 Å². The quantitative estimate of drug-likeness (QED) is 0.743. The molecule has 0 unspecified atom stereocenters. The van der Waals surface area contributed by atoms with Crippen molar-refractivity contribution in [2.24, 2.45) is 4.99 Å². The normalized spacial score (nSPS) is 19.1. The van der Waals surface area contributed by atoms with Crippen LogP contribution in [0.4, 0.5) is 0 Å². The maximum absolute atomic E-state index is 13.1. The van der Waals surface area contributed by atoms with E-state index < -0.39 is 10.0 Å². The van der Waals surface area contributed by atoms with Crippen LogP contribution >= 0.6 is 0 Å². The third kappa shape index (κ3) is 4.61. The van der Waals surface area contributed by atoms with Gasteiger partial charge in [-0.2, -0.15) is 4.31 Å². The number of hydrogen-bond donors (Lipinski definition) is 2. The SMILES string of the molecule is COc1cccc(CNC2=NCCNC23CCN(S(=O)(=O)c2ccc(C)cc2)CC3)c1. The monoisotopic (exact) mass is 442 g/mol. The van der Waals surface area contributed by atoms with Crippen molar-refractivity contribution < 1.29 is 13.2 Å². The number of benzene rings is 2. The van der Waals surface area contributed by atoms with E-state index in [0.717, 1.165) is 29.3 Å². The first-order chi connectivity index (χ1) is 14.9. The van der Waals surface area contributed by atoms with Crippen LogP contribution in [0.15, 0.2) is 58.4 Å². The van der Waals surface area contributed by atoms with Crippen molar-refractivity contribution in [3.63, 3.8) is 0 Å². The van der Waals surface area contributed by atoms with E-state index in [2.05, 4.69) is 16.7 Å². The summed E-state index contributed by atoms with van der Waals surface area (Å²) >= 11 is 0. The highest BCUT2D eigenvalue weighted by molar-refractivity contribution is 7.89. The van der Waals surface area contributed by atoms with Gasteiger partial charge in [0.1, 0.15) is 11.6 Å². The summed E-state index contributed by atoms with van der Waals surface area (Å²) in [4.78, 5) is 5.12. The number of nitrogens with one attached hydrogen (secondary N) is 2. The van der Waals surface area contributed by atoms with Crippen LogP contribution < -0.4 is 15.4 Å². The third-order valence-electron chi connectivity index (χ3n) is 6.13. The molecule has 0 bridgehead atoms. The molecule has 0 aromatic heterocycles. The highest BCUT2D eigenvalue weighted by atomic mass is 32.2. The standard InChI is InChI=1S/C23H30N4O3S/c1-18-6-8-21(9-7-18)31(28,29)27-14-10-23(11-15-27)22(24-12-13-26-23)25-17-19-4-3-5-20(16-19)30-2/h3-9,16,26H,10-15,17H2,1-2H3,(H,24,25). The van der Waals surface area contributed by atoms with Gasteiger partial charge in [0, 0.05) is 26.2 Å². The zero-order valence-electron chi connectivity index (χ0n) is 18.1. The second kappa shape index (κ2) is 8.98. The van der Waals surface area contributed by atoms with Gasteiger partial charge < -0.3 is 15.4 Å². The summed E-state index contributed by atoms with van der Waals surface area (Å²) in [5, 5.41) is 7.13. The lowest BCUT2D eigenvalue weighted by atomic mass is 9.85. The molecular weight excluding hydrogens is 412 g/mol. The Kier molecular flexibility index (Phi) is 6.31. The fraction of sp³-hybridized carbons (Fsp3) is 0.435. The van der Waals surface area contributed by atoms with Gasteiger partial charge >= 0.3 is 0 Å². The molecule has 166 valence electrons. The molecule has 1 fully saturated rings. The smallest absolute Gasteiger partial charge is 0.243 e. The van der Waals surface area contributed by atoms with E-state index in [0.29, 0.717) is 43.9 Å². The minimum Gasteiger partial charge on any atom is -0.497 e. The molecule has 4 rings (SSSR count). The summed E-state index contributed by atoms with van der Waals surface area (Å²) in [7, 11) is -1.82. The van der Waals surface area contributed by atoms with E-state index in [-0.39, 0.29) is 5.54 Å². The van der Waals surface area contributed by atoms with Crippen molar-refractivity contribution in [2.75, 3.05) is 33.3 Å². The molecule has 8 heteroatoms. The Morgan fingerprint density at radius 1 is 1.16 bits per heavy atom. The summed E-state index contributed by atoms with van der Waals surface area (Å²) in [5.74, 6) is 1.75. The maximum Gasteiger partial charge on any atom is 0.243 e. The van der Waals surface area contributed by atoms with Crippen LogP contribution in [0.2, 0.25) is 0 Å². The first-order valence-electron chi connectivity index (χ1n) is 10.7. The van der Waals surface area contributed by atoms with Crippen LogP contribution in [0.1, 0.15) is 24.0 Å². The number of nitrogens with zero attached hydrogens (tertiary/aromatic N) is 2. The molecule has 0 radical (unpaired) electrons. The third-order valence-corrected chi connectivity index (χ3v) is 8.04. The predicted octanol–water partition coefficient (Wildman–Crippen LogP) is 2.32. The molecule has 2 aromatic rings. The second-order valence-electron chi connectivity index (χ2n) is 8.16. The molecule has 2 heterocycles. The van der Waals surface area contributed by atoms with Crippen LogP contribution in [-0.4, -0.2) is 57.4 Å². The average molecular weight is 443 g/mol. The number of aryl methyl sites for hydroxylation is 1. The predicted molar refractivity (Wildman–Crippen MR) is 122 cm³/mol. The van der Waals surface area contributed by atoms with Gasteiger partial charge in [-0.05, 0) is 49.6 Å². The van der Waals surface area contributed by atoms with Crippen LogP contribution in [0.5, 0.6) is 5.75 Å². The van der Waals surface area contributed by atoms with E-state index in [1.54, 1.807) is 23.5 Å². The van der Waals surface area contributed by atoms with E-state index in [1.807, 2.05) is 37.3 Å². The largest absolute Gasteiger partial charge is 0.497 e. The first kappa shape index (κ1) is 21.8. The van der Waals surface area contributed by atoms with Crippen molar-refractivity contribution in [1.82, 2.24) is 14.9 Å². The van der Waals surface area contributed by atoms with Gasteiger partial charge in [0.25, 0.3) is 0 Å². The molecule has 7 nitrogen and oxygen atoms in total. The van der Waals surface area contributed by atoms with Crippen LogP contribution in [0.25, 0.3) is 0 Å². The van der Waals surface area contributed by atoms with Crippen molar-refractivity contribution in [1.29, 1.82) is 0 Å². The summed E-state index contributed by atoms with van der Waals surface area (Å²) < 4.78 is 33.0. The number of amidine groups is 1. The van der Waals surface area contributed by atoms with E-state index in [4.69, 9.17) is 9.73 Å². The summed E-state index contributed by atoms with van der Waals surface area (Å²) in [6, 6.07) is 15.0. The van der Waals surface area contributed by atoms with E-state index >= 15 is 0 Å². The summed E-state index contributed by atoms with van der Waals surface area (Å²) in [5.41, 5.74) is 1.85. The highest BCUT2D eigenvalue weighted by Gasteiger charge is 2.43. The number of ether oxygens (including phenoxy) is 1. The number of hydrogen-bond acceptors (Lipinski definition) is 6. The molecule has 0 aliphatic carbocycles. The fourth-order valence-electron chi connectivity index (χ4n) is 4.27. The van der Waals surface area contributed by atoms with Crippen molar-refractivity contribution in [3.8, 4) is 5.75 Å². The Bertz CT molecular complexity index is 1040. The minimum atomic E-state index is -3.48. The van der Waals surface area contributed by atoms with Crippen molar-refractivity contribution in [3.05, 3.63) is 59.7 Å². The highest BCUT2D eigenvalue weighted by Crippen LogP contribution is 2.29. The van der Waals surface area contributed by atoms with Crippen LogP contribution in [-0.2, 0) is 16.6 Å². The molecule has 31 heavy (non-hydrogen) atoms. The molecular formula is C23H30N4O3S. The molecule has 0 amide bonds. The second-order valence-corrected chi connectivity index (χ2v) is 10.1. The van der Waals surface area contributed by atoms with E-state index in [9.17, 15) is 8.42 Å². The number of aliphatic imine (C=N–C) groups is 1. The number of piperidine rings is 1. The van der Waals surface area contributed by atoms with Gasteiger partial charge in [0.05, 0.1) is 24.1 Å². The number of rotatable bonds is 5. The minimum absolute atomic E-state index is 0.309. The Morgan fingerprint density at radius 3 is 2.61 bits per heavy atom. The van der Waals surface area contributed by atoms with Gasteiger partial charge in [0.15, 0.2) is 0 Å². The number of sulfonamides is 1. The molecule has 0 saturated carbocycles. The topological polar surface area (TPSA) is 83.0 Å². The molecule has 1 spiro atoms. The van der Waals surface area contributed by atoms with Gasteiger partial charge in [-0.25, -0.2) is 8.42 Å². The van der Waals surface area contributed by atoms with Gasteiger partial charge in [-0.3, -0.25) is 4.99 Å². The molecule has 2 N–H and O–H groups in total. The number of methoxy groups -OCH3 is 1. The summed E-state index contributed by atoms with van der Waals surface area (Å²) in [6.45, 7) is 5.04. The molecule has 2 aliphatic rings. The molecule has 2 aromatic carbocycles. The fourth-order valence-corrected chi connectivity index (χ4v) is 5.71. The van der Waals surface area contributed by atoms with Crippen molar-refractivity contribution in [2.45, 2.75) is 36.7 Å². The van der Waals surface area contributed by atoms with Gasteiger partial charge in [0.2, 0.25) is 10.0 Å². The Hall–Kier alpha value is -2.42. The zero-order chi connectivity index (χ0) is 21.9. The Balaban J connectivity index is 1.44. The Labute approximate surface area is 184 Å². The van der Waals surface area contributed by atoms with Gasteiger partial charge in [-0.15, -0.1) is 0 Å². The summed E-state index contributed by atoms with van der Waals surface area (Å²) in [6.07, 6.45) is 1.37. The van der Waals surface area contributed by atoms with Crippen LogP contribution in [0, 0.1) is 6.92 Å². The van der Waals surface area contributed by atoms with Gasteiger partial charge in [-0.1, -0.05) is 29.8 Å².